The monoisotopic (exact) mass is 329 g/mol. The van der Waals surface area contributed by atoms with Gasteiger partial charge < -0.3 is 5.32 Å². The minimum Gasteiger partial charge on any atom is -0.310 e. The third-order valence-electron chi connectivity index (χ3n) is 4.10. The number of benzene rings is 1. The normalized spacial score (nSPS) is 14.1. The average Bonchev–Trinajstić information content (AvgIpc) is 2.49. The molecule has 1 nitrogen and oxygen atoms in total. The third-order valence-corrected chi connectivity index (χ3v) is 4.84. The fourth-order valence-corrected chi connectivity index (χ4v) is 3.01. The Labute approximate surface area is 140 Å². The Bertz CT molecular complexity index is 406. The molecule has 2 atom stereocenters. The van der Waals surface area contributed by atoms with E-state index >= 15 is 0 Å². The van der Waals surface area contributed by atoms with Crippen LogP contribution in [0.1, 0.15) is 70.9 Å². The van der Waals surface area contributed by atoms with Crippen LogP contribution < -0.4 is 5.32 Å². The lowest BCUT2D eigenvalue weighted by Gasteiger charge is -2.24. The van der Waals surface area contributed by atoms with Crippen LogP contribution in [0.15, 0.2) is 18.2 Å². The van der Waals surface area contributed by atoms with E-state index < -0.39 is 0 Å². The Kier molecular flexibility index (Phi) is 9.39. The summed E-state index contributed by atoms with van der Waals surface area (Å²) in [5.74, 6) is 0.772. The van der Waals surface area contributed by atoms with Crippen molar-refractivity contribution < 1.29 is 0 Å². The maximum atomic E-state index is 6.19. The molecule has 2 unspecified atom stereocenters. The fraction of sp³-hybridized carbons (Fsp3) is 0.667. The zero-order chi connectivity index (χ0) is 15.7. The van der Waals surface area contributed by atoms with Crippen LogP contribution in [0.4, 0.5) is 0 Å². The van der Waals surface area contributed by atoms with Gasteiger partial charge >= 0.3 is 0 Å². The van der Waals surface area contributed by atoms with Gasteiger partial charge in [-0.15, -0.1) is 0 Å². The quantitative estimate of drug-likeness (QED) is 0.507. The second kappa shape index (κ2) is 10.5. The summed E-state index contributed by atoms with van der Waals surface area (Å²) in [7, 11) is 0. The van der Waals surface area contributed by atoms with Gasteiger partial charge in [0, 0.05) is 6.04 Å². The van der Waals surface area contributed by atoms with Crippen molar-refractivity contribution in [1.82, 2.24) is 5.32 Å². The standard InChI is InChI=1S/C18H29Cl2N/c1-4-7-8-14(6-3)12-18(21-11-5-2)15-9-10-16(19)17(20)13-15/h9-10,13-14,18,21H,4-8,11-12H2,1-3H3. The summed E-state index contributed by atoms with van der Waals surface area (Å²) < 4.78 is 0. The Balaban J connectivity index is 2.80. The largest absolute Gasteiger partial charge is 0.310 e. The van der Waals surface area contributed by atoms with Crippen LogP contribution in [0, 0.1) is 5.92 Å². The molecule has 0 aliphatic heterocycles. The highest BCUT2D eigenvalue weighted by atomic mass is 35.5. The van der Waals surface area contributed by atoms with E-state index in [1.807, 2.05) is 12.1 Å². The summed E-state index contributed by atoms with van der Waals surface area (Å²) in [6, 6.07) is 6.41. The molecular formula is C18H29Cl2N. The zero-order valence-corrected chi connectivity index (χ0v) is 15.1. The molecule has 0 spiro atoms. The van der Waals surface area contributed by atoms with Crippen molar-refractivity contribution in [1.29, 1.82) is 0 Å². The van der Waals surface area contributed by atoms with E-state index in [0.29, 0.717) is 16.1 Å². The molecule has 0 saturated carbocycles. The van der Waals surface area contributed by atoms with E-state index in [9.17, 15) is 0 Å². The first-order chi connectivity index (χ1) is 10.1. The second-order valence-corrected chi connectivity index (χ2v) is 6.65. The number of halogens is 2. The van der Waals surface area contributed by atoms with Crippen LogP contribution in [0.25, 0.3) is 0 Å². The number of nitrogens with one attached hydrogen (secondary N) is 1. The fourth-order valence-electron chi connectivity index (χ4n) is 2.70. The Hall–Kier alpha value is -0.240. The van der Waals surface area contributed by atoms with Crippen molar-refractivity contribution in [2.75, 3.05) is 6.54 Å². The van der Waals surface area contributed by atoms with E-state index in [0.717, 1.165) is 18.9 Å². The molecule has 0 aromatic heterocycles. The molecule has 0 aliphatic rings. The highest BCUT2D eigenvalue weighted by Gasteiger charge is 2.17. The lowest BCUT2D eigenvalue weighted by molar-refractivity contribution is 0.353. The molecule has 1 aromatic carbocycles. The van der Waals surface area contributed by atoms with E-state index in [1.165, 1.54) is 37.7 Å². The molecular weight excluding hydrogens is 301 g/mol. The van der Waals surface area contributed by atoms with Crippen molar-refractivity contribution in [2.45, 2.75) is 65.3 Å². The van der Waals surface area contributed by atoms with Gasteiger partial charge in [0.2, 0.25) is 0 Å². The van der Waals surface area contributed by atoms with Gasteiger partial charge in [0.25, 0.3) is 0 Å². The van der Waals surface area contributed by atoms with Crippen LogP contribution in [0.3, 0.4) is 0 Å². The first kappa shape index (κ1) is 18.8. The minimum atomic E-state index is 0.376. The molecule has 0 saturated heterocycles. The molecule has 0 heterocycles. The van der Waals surface area contributed by atoms with Crippen LogP contribution in [0.2, 0.25) is 10.0 Å². The summed E-state index contributed by atoms with van der Waals surface area (Å²) in [6.45, 7) is 7.80. The van der Waals surface area contributed by atoms with Gasteiger partial charge in [-0.1, -0.05) is 75.7 Å². The smallest absolute Gasteiger partial charge is 0.0595 e. The summed E-state index contributed by atoms with van der Waals surface area (Å²) in [5.41, 5.74) is 1.26. The predicted molar refractivity (Wildman–Crippen MR) is 95.4 cm³/mol. The molecule has 0 bridgehead atoms. The predicted octanol–water partition coefficient (Wildman–Crippen LogP) is 6.64. The SMILES string of the molecule is CCCCC(CC)CC(NCCC)c1ccc(Cl)c(Cl)c1. The first-order valence-electron chi connectivity index (χ1n) is 8.30. The molecule has 1 aromatic rings. The molecule has 1 N–H and O–H groups in total. The van der Waals surface area contributed by atoms with Crippen LogP contribution in [-0.2, 0) is 0 Å². The highest BCUT2D eigenvalue weighted by Crippen LogP contribution is 2.30. The summed E-state index contributed by atoms with van der Waals surface area (Å²) in [5, 5.41) is 4.96. The van der Waals surface area contributed by atoms with Gasteiger partial charge in [-0.3, -0.25) is 0 Å². The van der Waals surface area contributed by atoms with Crippen LogP contribution in [-0.4, -0.2) is 6.54 Å². The zero-order valence-electron chi connectivity index (χ0n) is 13.6. The average molecular weight is 330 g/mol. The Morgan fingerprint density at radius 1 is 1.05 bits per heavy atom. The van der Waals surface area contributed by atoms with Crippen molar-refractivity contribution >= 4 is 23.2 Å². The summed E-state index contributed by atoms with van der Waals surface area (Å²) >= 11 is 12.2. The number of unbranched alkanes of at least 4 members (excludes halogenated alkanes) is 1. The van der Waals surface area contributed by atoms with Crippen molar-refractivity contribution in [2.24, 2.45) is 5.92 Å². The van der Waals surface area contributed by atoms with Crippen molar-refractivity contribution in [3.8, 4) is 0 Å². The number of hydrogen-bond acceptors (Lipinski definition) is 1. The topological polar surface area (TPSA) is 12.0 Å². The lowest BCUT2D eigenvalue weighted by Crippen LogP contribution is -2.24. The summed E-state index contributed by atoms with van der Waals surface area (Å²) in [4.78, 5) is 0. The van der Waals surface area contributed by atoms with E-state index in [1.54, 1.807) is 0 Å². The maximum Gasteiger partial charge on any atom is 0.0595 e. The first-order valence-corrected chi connectivity index (χ1v) is 9.06. The Morgan fingerprint density at radius 2 is 1.81 bits per heavy atom. The van der Waals surface area contributed by atoms with Gasteiger partial charge in [0.15, 0.2) is 0 Å². The van der Waals surface area contributed by atoms with E-state index in [2.05, 4.69) is 32.2 Å². The summed E-state index contributed by atoms with van der Waals surface area (Å²) in [6.07, 6.45) is 7.47. The molecule has 0 aliphatic carbocycles. The van der Waals surface area contributed by atoms with E-state index in [-0.39, 0.29) is 0 Å². The lowest BCUT2D eigenvalue weighted by atomic mass is 9.89. The third kappa shape index (κ3) is 6.59. The van der Waals surface area contributed by atoms with Crippen molar-refractivity contribution in [3.05, 3.63) is 33.8 Å². The Morgan fingerprint density at radius 3 is 2.38 bits per heavy atom. The molecule has 21 heavy (non-hydrogen) atoms. The van der Waals surface area contributed by atoms with Gasteiger partial charge in [-0.05, 0) is 43.0 Å². The number of hydrogen-bond donors (Lipinski definition) is 1. The molecule has 0 fully saturated rings. The molecule has 120 valence electrons. The van der Waals surface area contributed by atoms with Gasteiger partial charge in [0.05, 0.1) is 10.0 Å². The highest BCUT2D eigenvalue weighted by molar-refractivity contribution is 6.42. The second-order valence-electron chi connectivity index (χ2n) is 5.83. The minimum absolute atomic E-state index is 0.376. The molecule has 3 heteroatoms. The maximum absolute atomic E-state index is 6.19. The number of rotatable bonds is 10. The molecule has 0 amide bonds. The van der Waals surface area contributed by atoms with Gasteiger partial charge in [-0.25, -0.2) is 0 Å². The van der Waals surface area contributed by atoms with Crippen LogP contribution in [0.5, 0.6) is 0 Å². The molecule has 0 radical (unpaired) electrons. The van der Waals surface area contributed by atoms with Crippen molar-refractivity contribution in [3.63, 3.8) is 0 Å². The van der Waals surface area contributed by atoms with Crippen LogP contribution >= 0.6 is 23.2 Å². The molecule has 1 rings (SSSR count). The van der Waals surface area contributed by atoms with E-state index in [4.69, 9.17) is 23.2 Å². The van der Waals surface area contributed by atoms with Gasteiger partial charge in [-0.2, -0.15) is 0 Å². The van der Waals surface area contributed by atoms with Gasteiger partial charge in [0.1, 0.15) is 0 Å².